The number of benzene rings is 1. The standard InChI is InChI=1S/C11H16NO4S/c1-17(15)8-9-5-10(12-14)7-11(6-9)16-4-2-3-13/h5-7,12-13H,2-4,8H2,1H3/q-1. The molecule has 1 rings (SSSR count). The van der Waals surface area contributed by atoms with Gasteiger partial charge in [0.05, 0.1) is 6.61 Å². The summed E-state index contributed by atoms with van der Waals surface area (Å²) in [4.78, 5) is 0. The normalized spacial score (nSPS) is 12.2. The van der Waals surface area contributed by atoms with Gasteiger partial charge in [0.25, 0.3) is 0 Å². The second-order valence-electron chi connectivity index (χ2n) is 3.61. The van der Waals surface area contributed by atoms with Gasteiger partial charge in [-0.25, -0.2) is 0 Å². The minimum Gasteiger partial charge on any atom is -0.761 e. The molecule has 6 heteroatoms. The van der Waals surface area contributed by atoms with E-state index in [2.05, 4.69) is 0 Å². The monoisotopic (exact) mass is 258 g/mol. The van der Waals surface area contributed by atoms with E-state index in [-0.39, 0.29) is 6.61 Å². The van der Waals surface area contributed by atoms with E-state index < -0.39 is 10.8 Å². The zero-order chi connectivity index (χ0) is 12.7. The molecular weight excluding hydrogens is 242 g/mol. The molecule has 1 aromatic rings. The van der Waals surface area contributed by atoms with Crippen LogP contribution in [-0.4, -0.2) is 28.8 Å². The van der Waals surface area contributed by atoms with Gasteiger partial charge >= 0.3 is 0 Å². The van der Waals surface area contributed by atoms with Crippen LogP contribution in [0.25, 0.3) is 0 Å². The van der Waals surface area contributed by atoms with Crippen molar-refractivity contribution in [2.45, 2.75) is 12.2 Å². The summed E-state index contributed by atoms with van der Waals surface area (Å²) in [7, 11) is -0.968. The van der Waals surface area contributed by atoms with Gasteiger partial charge in [-0.15, -0.1) is 0 Å². The molecule has 96 valence electrons. The Bertz CT molecular complexity index is 384. The molecule has 0 fully saturated rings. The van der Waals surface area contributed by atoms with Gasteiger partial charge in [-0.05, 0) is 17.7 Å². The van der Waals surface area contributed by atoms with Crippen molar-refractivity contribution in [3.05, 3.63) is 29.0 Å². The van der Waals surface area contributed by atoms with Gasteiger partial charge < -0.3 is 20.5 Å². The Morgan fingerprint density at radius 3 is 2.82 bits per heavy atom. The molecule has 2 N–H and O–H groups in total. The lowest BCUT2D eigenvalue weighted by Crippen LogP contribution is -2.01. The highest BCUT2D eigenvalue weighted by Gasteiger charge is 2.02. The summed E-state index contributed by atoms with van der Waals surface area (Å²) >= 11 is 0. The lowest BCUT2D eigenvalue weighted by Gasteiger charge is -2.14. The molecule has 1 atom stereocenters. The molecule has 1 aromatic carbocycles. The van der Waals surface area contributed by atoms with Gasteiger partial charge in [0, 0.05) is 47.6 Å². The number of anilines is 1. The van der Waals surface area contributed by atoms with Crippen LogP contribution in [-0.2, 0) is 16.6 Å². The summed E-state index contributed by atoms with van der Waals surface area (Å²) in [6.07, 6.45) is 2.13. The van der Waals surface area contributed by atoms with E-state index in [9.17, 15) is 9.42 Å². The maximum Gasteiger partial charge on any atom is 0.121 e. The topological polar surface area (TPSA) is 81.6 Å². The molecular formula is C11H16NO4S-. The van der Waals surface area contributed by atoms with Crippen LogP contribution in [0.4, 0.5) is 5.69 Å². The third-order valence-corrected chi connectivity index (χ3v) is 2.77. The first-order chi connectivity index (χ1) is 8.15. The molecule has 0 saturated carbocycles. The summed E-state index contributed by atoms with van der Waals surface area (Å²) in [6.45, 7) is 0.443. The van der Waals surface area contributed by atoms with Crippen molar-refractivity contribution >= 4 is 16.5 Å². The average molecular weight is 258 g/mol. The second-order valence-corrected chi connectivity index (χ2v) is 5.05. The fourth-order valence-corrected chi connectivity index (χ4v) is 2.01. The van der Waals surface area contributed by atoms with Gasteiger partial charge in [0.1, 0.15) is 5.75 Å². The number of nitrogens with one attached hydrogen (secondary N) is 1. The SMILES string of the molecule is CS(=O)Cc1cc(N[O-])cc(OCCCO)c1. The molecule has 0 radical (unpaired) electrons. The number of aliphatic hydroxyl groups excluding tert-OH is 1. The largest absolute Gasteiger partial charge is 0.761 e. The van der Waals surface area contributed by atoms with Crippen LogP contribution < -0.4 is 10.2 Å². The van der Waals surface area contributed by atoms with E-state index >= 15 is 0 Å². The van der Waals surface area contributed by atoms with Crippen molar-refractivity contribution in [3.63, 3.8) is 0 Å². The minimum atomic E-state index is -0.968. The number of hydrogen-bond acceptors (Lipinski definition) is 5. The Labute approximate surface area is 103 Å². The summed E-state index contributed by atoms with van der Waals surface area (Å²) in [6, 6.07) is 4.97. The Hall–Kier alpha value is -1.11. The molecule has 0 aliphatic rings. The first kappa shape index (κ1) is 14.0. The van der Waals surface area contributed by atoms with Crippen LogP contribution in [0.1, 0.15) is 12.0 Å². The molecule has 5 nitrogen and oxygen atoms in total. The summed E-state index contributed by atoms with van der Waals surface area (Å²) in [5, 5.41) is 19.3. The van der Waals surface area contributed by atoms with Crippen LogP contribution in [0.2, 0.25) is 0 Å². The van der Waals surface area contributed by atoms with Crippen molar-refractivity contribution in [1.82, 2.24) is 0 Å². The highest BCUT2D eigenvalue weighted by atomic mass is 32.2. The second kappa shape index (κ2) is 7.26. The lowest BCUT2D eigenvalue weighted by atomic mass is 10.2. The van der Waals surface area contributed by atoms with Gasteiger partial charge in [-0.2, -0.15) is 0 Å². The van der Waals surface area contributed by atoms with Gasteiger partial charge in [0.15, 0.2) is 0 Å². The van der Waals surface area contributed by atoms with Crippen LogP contribution in [0.5, 0.6) is 5.75 Å². The predicted molar refractivity (Wildman–Crippen MR) is 68.4 cm³/mol. The molecule has 0 saturated heterocycles. The average Bonchev–Trinajstić information content (AvgIpc) is 2.28. The molecule has 0 spiro atoms. The summed E-state index contributed by atoms with van der Waals surface area (Å²) < 4.78 is 16.5. The smallest absolute Gasteiger partial charge is 0.121 e. The number of aliphatic hydroxyl groups is 1. The van der Waals surface area contributed by atoms with E-state index in [0.29, 0.717) is 30.2 Å². The molecule has 0 heterocycles. The van der Waals surface area contributed by atoms with Crippen LogP contribution >= 0.6 is 0 Å². The maximum absolute atomic E-state index is 11.1. The van der Waals surface area contributed by atoms with E-state index in [4.69, 9.17) is 9.84 Å². The van der Waals surface area contributed by atoms with Gasteiger partial charge in [0.2, 0.25) is 0 Å². The van der Waals surface area contributed by atoms with Crippen molar-refractivity contribution in [3.8, 4) is 5.75 Å². The molecule has 0 aliphatic carbocycles. The molecule has 0 amide bonds. The first-order valence-corrected chi connectivity index (χ1v) is 6.94. The van der Waals surface area contributed by atoms with Crippen molar-refractivity contribution < 1.29 is 14.1 Å². The zero-order valence-corrected chi connectivity index (χ0v) is 10.5. The molecule has 0 bridgehead atoms. The lowest BCUT2D eigenvalue weighted by molar-refractivity contribution is 0.233. The third kappa shape index (κ3) is 5.16. The quantitative estimate of drug-likeness (QED) is 0.568. The highest BCUT2D eigenvalue weighted by molar-refractivity contribution is 7.83. The van der Waals surface area contributed by atoms with Crippen LogP contribution in [0, 0.1) is 5.21 Å². The Morgan fingerprint density at radius 1 is 1.47 bits per heavy atom. The fourth-order valence-electron chi connectivity index (χ4n) is 1.38. The van der Waals surface area contributed by atoms with Crippen molar-refractivity contribution in [1.29, 1.82) is 0 Å². The third-order valence-electron chi connectivity index (χ3n) is 2.03. The summed E-state index contributed by atoms with van der Waals surface area (Å²) in [5.41, 5.74) is 2.96. The zero-order valence-electron chi connectivity index (χ0n) is 9.64. The maximum atomic E-state index is 11.1. The van der Waals surface area contributed by atoms with Crippen LogP contribution in [0.15, 0.2) is 18.2 Å². The first-order valence-electron chi connectivity index (χ1n) is 5.21. The number of rotatable bonds is 7. The van der Waals surface area contributed by atoms with Crippen molar-refractivity contribution in [2.24, 2.45) is 0 Å². The summed E-state index contributed by atoms with van der Waals surface area (Å²) in [5.74, 6) is 0.922. The van der Waals surface area contributed by atoms with Gasteiger partial charge in [-0.3, -0.25) is 4.21 Å². The van der Waals surface area contributed by atoms with E-state index in [1.807, 2.05) is 0 Å². The number of hydrogen-bond donors (Lipinski definition) is 2. The van der Waals surface area contributed by atoms with Crippen molar-refractivity contribution in [2.75, 3.05) is 24.9 Å². The Balaban J connectivity index is 2.77. The molecule has 17 heavy (non-hydrogen) atoms. The Morgan fingerprint density at radius 2 is 2.24 bits per heavy atom. The highest BCUT2D eigenvalue weighted by Crippen LogP contribution is 2.22. The molecule has 0 aromatic heterocycles. The van der Waals surface area contributed by atoms with Crippen LogP contribution in [0.3, 0.4) is 0 Å². The molecule has 1 unspecified atom stereocenters. The Kier molecular flexibility index (Phi) is 5.96. The minimum absolute atomic E-state index is 0.0608. The predicted octanol–water partition coefficient (Wildman–Crippen LogP) is 1.24. The molecule has 0 aliphatic heterocycles. The van der Waals surface area contributed by atoms with E-state index in [1.165, 1.54) is 0 Å². The number of ether oxygens (including phenoxy) is 1. The van der Waals surface area contributed by atoms with E-state index in [0.717, 1.165) is 5.56 Å². The van der Waals surface area contributed by atoms with E-state index in [1.54, 1.807) is 29.9 Å². The fraction of sp³-hybridized carbons (Fsp3) is 0.455. The van der Waals surface area contributed by atoms with Gasteiger partial charge in [-0.1, -0.05) is 0 Å².